The molecule has 0 aliphatic heterocycles. The molecule has 1 aromatic carbocycles. The molecule has 0 amide bonds. The van der Waals surface area contributed by atoms with Gasteiger partial charge in [-0.2, -0.15) is 0 Å². The minimum absolute atomic E-state index is 0.654. The summed E-state index contributed by atoms with van der Waals surface area (Å²) in [5.41, 5.74) is 7.84. The molecule has 0 bridgehead atoms. The first-order valence-corrected chi connectivity index (χ1v) is 6.39. The van der Waals surface area contributed by atoms with E-state index in [0.717, 1.165) is 31.9 Å². The van der Waals surface area contributed by atoms with Gasteiger partial charge in [-0.05, 0) is 24.2 Å². The Morgan fingerprint density at radius 1 is 1.22 bits per heavy atom. The van der Waals surface area contributed by atoms with Crippen LogP contribution in [0.2, 0.25) is 0 Å². The van der Waals surface area contributed by atoms with Crippen LogP contribution >= 0.6 is 0 Å². The highest BCUT2D eigenvalue weighted by molar-refractivity contribution is 5.40. The SMILES string of the molecule is CCN(CCOCCOC)Cc1cccc(N)c1. The number of anilines is 1. The standard InChI is InChI=1S/C14H24N2O2/c1-3-16(7-8-18-10-9-17-2)12-13-5-4-6-14(15)11-13/h4-6,11H,3,7-10,12,15H2,1-2H3. The van der Waals surface area contributed by atoms with Gasteiger partial charge in [0.1, 0.15) is 0 Å². The zero-order valence-corrected chi connectivity index (χ0v) is 11.4. The number of ether oxygens (including phenoxy) is 2. The van der Waals surface area contributed by atoms with Crippen LogP contribution in [0, 0.1) is 0 Å². The van der Waals surface area contributed by atoms with Crippen molar-refractivity contribution in [3.63, 3.8) is 0 Å². The fraction of sp³-hybridized carbons (Fsp3) is 0.571. The van der Waals surface area contributed by atoms with Gasteiger partial charge in [-0.15, -0.1) is 0 Å². The molecule has 4 heteroatoms. The number of likely N-dealkylation sites (N-methyl/N-ethyl adjacent to an activating group) is 1. The van der Waals surface area contributed by atoms with E-state index in [-0.39, 0.29) is 0 Å². The molecular weight excluding hydrogens is 228 g/mol. The molecule has 0 aliphatic carbocycles. The Hall–Kier alpha value is -1.10. The number of rotatable bonds is 9. The van der Waals surface area contributed by atoms with E-state index < -0.39 is 0 Å². The maximum Gasteiger partial charge on any atom is 0.0700 e. The first kappa shape index (κ1) is 15.0. The van der Waals surface area contributed by atoms with Crippen LogP contribution < -0.4 is 5.73 Å². The van der Waals surface area contributed by atoms with Gasteiger partial charge in [-0.1, -0.05) is 19.1 Å². The molecule has 0 saturated carbocycles. The third-order valence-corrected chi connectivity index (χ3v) is 2.79. The van der Waals surface area contributed by atoms with E-state index in [0.29, 0.717) is 13.2 Å². The van der Waals surface area contributed by atoms with Gasteiger partial charge in [0.25, 0.3) is 0 Å². The number of nitrogen functional groups attached to an aromatic ring is 1. The van der Waals surface area contributed by atoms with E-state index in [4.69, 9.17) is 15.2 Å². The summed E-state index contributed by atoms with van der Waals surface area (Å²) in [6, 6.07) is 8.03. The number of hydrogen-bond acceptors (Lipinski definition) is 4. The summed E-state index contributed by atoms with van der Waals surface area (Å²) in [6.45, 7) is 7.04. The fourth-order valence-electron chi connectivity index (χ4n) is 1.74. The Bertz CT molecular complexity index is 331. The smallest absolute Gasteiger partial charge is 0.0700 e. The predicted octanol–water partition coefficient (Wildman–Crippen LogP) is 1.75. The highest BCUT2D eigenvalue weighted by atomic mass is 16.5. The second-order valence-electron chi connectivity index (χ2n) is 4.22. The maximum atomic E-state index is 5.77. The number of nitrogens with two attached hydrogens (primary N) is 1. The summed E-state index contributed by atoms with van der Waals surface area (Å²) in [4.78, 5) is 2.33. The molecule has 0 spiro atoms. The lowest BCUT2D eigenvalue weighted by atomic mass is 10.2. The third-order valence-electron chi connectivity index (χ3n) is 2.79. The van der Waals surface area contributed by atoms with Crippen molar-refractivity contribution in [2.45, 2.75) is 13.5 Å². The Balaban J connectivity index is 2.28. The summed E-state index contributed by atoms with van der Waals surface area (Å²) in [5.74, 6) is 0. The fourth-order valence-corrected chi connectivity index (χ4v) is 1.74. The van der Waals surface area contributed by atoms with Crippen molar-refractivity contribution in [3.8, 4) is 0 Å². The molecule has 0 radical (unpaired) electrons. The molecule has 4 nitrogen and oxygen atoms in total. The van der Waals surface area contributed by atoms with Crippen molar-refractivity contribution >= 4 is 5.69 Å². The lowest BCUT2D eigenvalue weighted by molar-refractivity contribution is 0.0568. The topological polar surface area (TPSA) is 47.7 Å². The van der Waals surface area contributed by atoms with E-state index in [9.17, 15) is 0 Å². The summed E-state index contributed by atoms with van der Waals surface area (Å²) in [5, 5.41) is 0. The molecular formula is C14H24N2O2. The van der Waals surface area contributed by atoms with Crippen LogP contribution in [0.5, 0.6) is 0 Å². The van der Waals surface area contributed by atoms with Crippen LogP contribution in [0.3, 0.4) is 0 Å². The molecule has 0 saturated heterocycles. The maximum absolute atomic E-state index is 5.77. The van der Waals surface area contributed by atoms with Crippen molar-refractivity contribution in [1.29, 1.82) is 0 Å². The van der Waals surface area contributed by atoms with Gasteiger partial charge in [0.2, 0.25) is 0 Å². The van der Waals surface area contributed by atoms with Gasteiger partial charge in [-0.3, -0.25) is 4.90 Å². The highest BCUT2D eigenvalue weighted by Crippen LogP contribution is 2.09. The normalized spacial score (nSPS) is 11.1. The van der Waals surface area contributed by atoms with Gasteiger partial charge in [0.05, 0.1) is 19.8 Å². The first-order chi connectivity index (χ1) is 8.76. The van der Waals surface area contributed by atoms with Crippen molar-refractivity contribution in [2.75, 3.05) is 45.8 Å². The lowest BCUT2D eigenvalue weighted by Gasteiger charge is -2.20. The van der Waals surface area contributed by atoms with Crippen molar-refractivity contribution in [3.05, 3.63) is 29.8 Å². The number of nitrogens with zero attached hydrogens (tertiary/aromatic N) is 1. The Labute approximate surface area is 110 Å². The summed E-state index contributed by atoms with van der Waals surface area (Å²) in [7, 11) is 1.68. The second kappa shape index (κ2) is 8.91. The van der Waals surface area contributed by atoms with Gasteiger partial charge in [-0.25, -0.2) is 0 Å². The highest BCUT2D eigenvalue weighted by Gasteiger charge is 2.03. The Morgan fingerprint density at radius 2 is 2.06 bits per heavy atom. The average molecular weight is 252 g/mol. The van der Waals surface area contributed by atoms with E-state index in [1.165, 1.54) is 5.56 Å². The molecule has 0 unspecified atom stereocenters. The van der Waals surface area contributed by atoms with Gasteiger partial charge >= 0.3 is 0 Å². The molecule has 0 atom stereocenters. The van der Waals surface area contributed by atoms with Crippen LogP contribution in [0.15, 0.2) is 24.3 Å². The molecule has 0 aromatic heterocycles. The van der Waals surface area contributed by atoms with Crippen LogP contribution in [0.25, 0.3) is 0 Å². The number of methoxy groups -OCH3 is 1. The molecule has 102 valence electrons. The molecule has 0 fully saturated rings. The van der Waals surface area contributed by atoms with Gasteiger partial charge in [0.15, 0.2) is 0 Å². The van der Waals surface area contributed by atoms with E-state index >= 15 is 0 Å². The molecule has 2 N–H and O–H groups in total. The Kier molecular flexibility index (Phi) is 7.41. The summed E-state index contributed by atoms with van der Waals surface area (Å²) < 4.78 is 10.4. The lowest BCUT2D eigenvalue weighted by Crippen LogP contribution is -2.27. The third kappa shape index (κ3) is 6.00. The predicted molar refractivity (Wildman–Crippen MR) is 74.5 cm³/mol. The monoisotopic (exact) mass is 252 g/mol. The van der Waals surface area contributed by atoms with Crippen LogP contribution in [-0.4, -0.2) is 44.9 Å². The molecule has 18 heavy (non-hydrogen) atoms. The Morgan fingerprint density at radius 3 is 2.72 bits per heavy atom. The summed E-state index contributed by atoms with van der Waals surface area (Å²) in [6.07, 6.45) is 0. The van der Waals surface area contributed by atoms with Crippen molar-refractivity contribution in [1.82, 2.24) is 4.90 Å². The molecule has 0 aliphatic rings. The number of benzene rings is 1. The van der Waals surface area contributed by atoms with Crippen molar-refractivity contribution < 1.29 is 9.47 Å². The molecule has 1 aromatic rings. The minimum atomic E-state index is 0.654. The van der Waals surface area contributed by atoms with Crippen LogP contribution in [-0.2, 0) is 16.0 Å². The second-order valence-corrected chi connectivity index (χ2v) is 4.22. The quantitative estimate of drug-likeness (QED) is 0.537. The number of hydrogen-bond donors (Lipinski definition) is 1. The molecule has 1 rings (SSSR count). The minimum Gasteiger partial charge on any atom is -0.399 e. The van der Waals surface area contributed by atoms with Crippen molar-refractivity contribution in [2.24, 2.45) is 0 Å². The van der Waals surface area contributed by atoms with Crippen LogP contribution in [0.1, 0.15) is 12.5 Å². The summed E-state index contributed by atoms with van der Waals surface area (Å²) >= 11 is 0. The zero-order chi connectivity index (χ0) is 13.2. The van der Waals surface area contributed by atoms with Crippen LogP contribution in [0.4, 0.5) is 5.69 Å². The zero-order valence-electron chi connectivity index (χ0n) is 11.4. The average Bonchev–Trinajstić information content (AvgIpc) is 2.37. The van der Waals surface area contributed by atoms with Gasteiger partial charge < -0.3 is 15.2 Å². The van der Waals surface area contributed by atoms with Gasteiger partial charge in [0, 0.05) is 25.9 Å². The first-order valence-electron chi connectivity index (χ1n) is 6.39. The van der Waals surface area contributed by atoms with E-state index in [1.54, 1.807) is 7.11 Å². The van der Waals surface area contributed by atoms with E-state index in [1.807, 2.05) is 18.2 Å². The van der Waals surface area contributed by atoms with E-state index in [2.05, 4.69) is 17.9 Å². The molecule has 0 heterocycles. The largest absolute Gasteiger partial charge is 0.399 e.